The van der Waals surface area contributed by atoms with Crippen LogP contribution in [0.1, 0.15) is 22.2 Å². The average molecular weight is 314 g/mol. The lowest BCUT2D eigenvalue weighted by atomic mass is 10.0. The number of carbonyl (C=O) groups excluding carboxylic acids is 1. The number of likely N-dealkylation sites (N-methyl/N-ethyl adjacent to an activating group) is 1. The Labute approximate surface area is 136 Å². The van der Waals surface area contributed by atoms with Crippen LogP contribution in [0.15, 0.2) is 36.7 Å². The summed E-state index contributed by atoms with van der Waals surface area (Å²) in [7, 11) is 5.60. The molecule has 1 aliphatic heterocycles. The van der Waals surface area contributed by atoms with E-state index >= 15 is 0 Å². The van der Waals surface area contributed by atoms with E-state index in [1.54, 1.807) is 24.1 Å². The summed E-state index contributed by atoms with van der Waals surface area (Å²) in [6.45, 7) is 2.22. The van der Waals surface area contributed by atoms with Gasteiger partial charge in [-0.25, -0.2) is 4.98 Å². The van der Waals surface area contributed by atoms with Crippen LogP contribution in [0.25, 0.3) is 0 Å². The van der Waals surface area contributed by atoms with Crippen LogP contribution in [0.4, 0.5) is 0 Å². The van der Waals surface area contributed by atoms with Gasteiger partial charge in [-0.2, -0.15) is 0 Å². The zero-order chi connectivity index (χ0) is 16.4. The standard InChI is InChI=1S/C17H22N4O2/c1-19-10-11-21(17(22)16-18-8-9-20(16)2)12-15(19)13-4-6-14(23-3)7-5-13/h4-9,15H,10-12H2,1-3H3/t15-/m0/s1. The van der Waals surface area contributed by atoms with Gasteiger partial charge < -0.3 is 14.2 Å². The summed E-state index contributed by atoms with van der Waals surface area (Å²) in [5.74, 6) is 1.32. The predicted molar refractivity (Wildman–Crippen MR) is 87.5 cm³/mol. The minimum absolute atomic E-state index is 0.0101. The summed E-state index contributed by atoms with van der Waals surface area (Å²) in [5.41, 5.74) is 1.19. The zero-order valence-corrected chi connectivity index (χ0v) is 13.8. The molecule has 1 aliphatic rings. The monoisotopic (exact) mass is 314 g/mol. The minimum Gasteiger partial charge on any atom is -0.497 e. The highest BCUT2D eigenvalue weighted by atomic mass is 16.5. The number of ether oxygens (including phenoxy) is 1. The van der Waals surface area contributed by atoms with Crippen molar-refractivity contribution in [1.82, 2.24) is 19.4 Å². The molecule has 122 valence electrons. The largest absolute Gasteiger partial charge is 0.497 e. The van der Waals surface area contributed by atoms with Crippen molar-refractivity contribution in [2.45, 2.75) is 6.04 Å². The van der Waals surface area contributed by atoms with Crippen LogP contribution in [0.3, 0.4) is 0 Å². The molecular weight excluding hydrogens is 292 g/mol. The number of nitrogens with zero attached hydrogens (tertiary/aromatic N) is 4. The number of hydrogen-bond donors (Lipinski definition) is 0. The molecule has 1 aromatic heterocycles. The molecule has 3 rings (SSSR count). The van der Waals surface area contributed by atoms with Gasteiger partial charge in [-0.3, -0.25) is 9.69 Å². The van der Waals surface area contributed by atoms with E-state index in [4.69, 9.17) is 4.74 Å². The van der Waals surface area contributed by atoms with Crippen LogP contribution < -0.4 is 4.74 Å². The molecule has 1 amide bonds. The Balaban J connectivity index is 1.78. The van der Waals surface area contributed by atoms with E-state index in [1.807, 2.05) is 24.1 Å². The normalized spacial score (nSPS) is 18.9. The van der Waals surface area contributed by atoms with Crippen LogP contribution >= 0.6 is 0 Å². The van der Waals surface area contributed by atoms with E-state index in [2.05, 4.69) is 29.1 Å². The summed E-state index contributed by atoms with van der Waals surface area (Å²) >= 11 is 0. The summed E-state index contributed by atoms with van der Waals surface area (Å²) in [4.78, 5) is 21.0. The van der Waals surface area contributed by atoms with E-state index < -0.39 is 0 Å². The molecule has 0 N–H and O–H groups in total. The Morgan fingerprint density at radius 2 is 1.96 bits per heavy atom. The van der Waals surface area contributed by atoms with Crippen molar-refractivity contribution in [3.63, 3.8) is 0 Å². The first-order chi connectivity index (χ1) is 11.1. The number of piperazine rings is 1. The van der Waals surface area contributed by atoms with E-state index in [9.17, 15) is 4.79 Å². The van der Waals surface area contributed by atoms with E-state index in [0.717, 1.165) is 18.8 Å². The van der Waals surface area contributed by atoms with Crippen LogP contribution in [-0.2, 0) is 7.05 Å². The molecule has 1 atom stereocenters. The Morgan fingerprint density at radius 1 is 1.22 bits per heavy atom. The molecule has 0 saturated carbocycles. The van der Waals surface area contributed by atoms with Gasteiger partial charge in [0.05, 0.1) is 13.2 Å². The number of aromatic nitrogens is 2. The Kier molecular flexibility index (Phi) is 4.34. The third-order valence-electron chi connectivity index (χ3n) is 4.45. The van der Waals surface area contributed by atoms with E-state index in [0.29, 0.717) is 12.4 Å². The Morgan fingerprint density at radius 3 is 2.57 bits per heavy atom. The SMILES string of the molecule is COc1ccc([C@@H]2CN(C(=O)c3nccn3C)CCN2C)cc1. The highest BCUT2D eigenvalue weighted by Crippen LogP contribution is 2.26. The number of carbonyl (C=O) groups is 1. The topological polar surface area (TPSA) is 50.6 Å². The number of amides is 1. The lowest BCUT2D eigenvalue weighted by Gasteiger charge is -2.39. The predicted octanol–water partition coefficient (Wildman–Crippen LogP) is 1.56. The number of rotatable bonds is 3. The maximum atomic E-state index is 12.7. The lowest BCUT2D eigenvalue weighted by molar-refractivity contribution is 0.0531. The van der Waals surface area contributed by atoms with Gasteiger partial charge in [-0.15, -0.1) is 0 Å². The summed E-state index contributed by atoms with van der Waals surface area (Å²) in [5, 5.41) is 0. The quantitative estimate of drug-likeness (QED) is 0.863. The molecule has 1 aromatic carbocycles. The Hall–Kier alpha value is -2.34. The second-order valence-electron chi connectivity index (χ2n) is 5.88. The number of aryl methyl sites for hydroxylation is 1. The fourth-order valence-corrected chi connectivity index (χ4v) is 2.96. The molecule has 0 aliphatic carbocycles. The van der Waals surface area contributed by atoms with Crippen molar-refractivity contribution >= 4 is 5.91 Å². The zero-order valence-electron chi connectivity index (χ0n) is 13.8. The minimum atomic E-state index is -0.0101. The average Bonchev–Trinajstić information content (AvgIpc) is 3.01. The highest BCUT2D eigenvalue weighted by Gasteiger charge is 2.30. The van der Waals surface area contributed by atoms with Gasteiger partial charge in [-0.1, -0.05) is 12.1 Å². The number of benzene rings is 1. The molecule has 23 heavy (non-hydrogen) atoms. The summed E-state index contributed by atoms with van der Waals surface area (Å²) < 4.78 is 6.98. The van der Waals surface area contributed by atoms with Gasteiger partial charge in [0.15, 0.2) is 5.82 Å². The van der Waals surface area contributed by atoms with Gasteiger partial charge in [0.2, 0.25) is 0 Å². The molecular formula is C17H22N4O2. The first-order valence-corrected chi connectivity index (χ1v) is 7.71. The number of hydrogen-bond acceptors (Lipinski definition) is 4. The second-order valence-corrected chi connectivity index (χ2v) is 5.88. The van der Waals surface area contributed by atoms with Crippen molar-refractivity contribution < 1.29 is 9.53 Å². The van der Waals surface area contributed by atoms with E-state index in [-0.39, 0.29) is 11.9 Å². The molecule has 1 saturated heterocycles. The third kappa shape index (κ3) is 3.07. The van der Waals surface area contributed by atoms with Crippen molar-refractivity contribution in [2.75, 3.05) is 33.8 Å². The van der Waals surface area contributed by atoms with Crippen LogP contribution in [0.5, 0.6) is 5.75 Å². The summed E-state index contributed by atoms with van der Waals surface area (Å²) in [6, 6.07) is 8.23. The fourth-order valence-electron chi connectivity index (χ4n) is 2.96. The van der Waals surface area contributed by atoms with Gasteiger partial charge >= 0.3 is 0 Å². The van der Waals surface area contributed by atoms with Gasteiger partial charge in [0.25, 0.3) is 5.91 Å². The van der Waals surface area contributed by atoms with Gasteiger partial charge in [0.1, 0.15) is 5.75 Å². The fraction of sp³-hybridized carbons (Fsp3) is 0.412. The van der Waals surface area contributed by atoms with Gasteiger partial charge in [-0.05, 0) is 24.7 Å². The van der Waals surface area contributed by atoms with Crippen molar-refractivity contribution in [1.29, 1.82) is 0 Å². The first-order valence-electron chi connectivity index (χ1n) is 7.71. The highest BCUT2D eigenvalue weighted by molar-refractivity contribution is 5.90. The maximum Gasteiger partial charge on any atom is 0.289 e. The van der Waals surface area contributed by atoms with Crippen molar-refractivity contribution in [2.24, 2.45) is 7.05 Å². The first kappa shape index (κ1) is 15.6. The molecule has 0 spiro atoms. The van der Waals surface area contributed by atoms with Gasteiger partial charge in [0, 0.05) is 39.1 Å². The Bertz CT molecular complexity index is 680. The van der Waals surface area contributed by atoms with Crippen molar-refractivity contribution in [3.05, 3.63) is 48.0 Å². The van der Waals surface area contributed by atoms with E-state index in [1.165, 1.54) is 5.56 Å². The number of imidazole rings is 1. The lowest BCUT2D eigenvalue weighted by Crippen LogP contribution is -2.49. The van der Waals surface area contributed by atoms with Crippen LogP contribution in [-0.4, -0.2) is 59.0 Å². The van der Waals surface area contributed by atoms with Crippen LogP contribution in [0, 0.1) is 0 Å². The molecule has 2 heterocycles. The second kappa shape index (κ2) is 6.42. The molecule has 6 heteroatoms. The maximum absolute atomic E-state index is 12.7. The third-order valence-corrected chi connectivity index (χ3v) is 4.45. The molecule has 2 aromatic rings. The smallest absolute Gasteiger partial charge is 0.289 e. The van der Waals surface area contributed by atoms with Crippen LogP contribution in [0.2, 0.25) is 0 Å². The molecule has 1 fully saturated rings. The molecule has 0 radical (unpaired) electrons. The number of methoxy groups -OCH3 is 1. The molecule has 0 unspecified atom stereocenters. The molecule has 0 bridgehead atoms. The molecule has 6 nitrogen and oxygen atoms in total. The van der Waals surface area contributed by atoms with Crippen molar-refractivity contribution in [3.8, 4) is 5.75 Å². The summed E-state index contributed by atoms with van der Waals surface area (Å²) in [6.07, 6.45) is 3.45.